The molecule has 18 heavy (non-hydrogen) atoms. The van der Waals surface area contributed by atoms with Gasteiger partial charge in [0.25, 0.3) is 0 Å². The number of allylic oxidation sites excluding steroid dienone is 2. The van der Waals surface area contributed by atoms with Crippen molar-refractivity contribution in [1.82, 2.24) is 15.6 Å². The minimum atomic E-state index is -0.935. The Morgan fingerprint density at radius 2 is 2.00 bits per heavy atom. The number of nitrogens with zero attached hydrogens (tertiary/aromatic N) is 1. The lowest BCUT2D eigenvalue weighted by Crippen LogP contribution is -2.34. The second kappa shape index (κ2) is 7.85. The van der Waals surface area contributed by atoms with Crippen molar-refractivity contribution in [2.75, 3.05) is 7.05 Å². The third-order valence-electron chi connectivity index (χ3n) is 1.84. The molecule has 0 atom stereocenters. The number of halogens is 2. The van der Waals surface area contributed by atoms with E-state index in [1.165, 1.54) is 13.2 Å². The Bertz CT molecular complexity index is 399. The summed E-state index contributed by atoms with van der Waals surface area (Å²) in [5.74, 6) is 3.14. The molecule has 0 aromatic carbocycles. The van der Waals surface area contributed by atoms with Crippen LogP contribution in [0.3, 0.4) is 0 Å². The third-order valence-corrected chi connectivity index (χ3v) is 1.84. The molecule has 0 radical (unpaired) electrons. The van der Waals surface area contributed by atoms with Crippen LogP contribution in [-0.4, -0.2) is 17.8 Å². The molecule has 0 unspecified atom stereocenters. The van der Waals surface area contributed by atoms with Crippen LogP contribution in [0.15, 0.2) is 48.7 Å². The van der Waals surface area contributed by atoms with Crippen molar-refractivity contribution in [2.45, 2.75) is 0 Å². The summed E-state index contributed by atoms with van der Waals surface area (Å²) in [7, 11) is 1.38. The number of nitrogens with one attached hydrogen (secondary N) is 3. The van der Waals surface area contributed by atoms with Crippen molar-refractivity contribution in [3.8, 4) is 0 Å². The van der Waals surface area contributed by atoms with Gasteiger partial charge < -0.3 is 21.4 Å². The first kappa shape index (κ1) is 15.7. The van der Waals surface area contributed by atoms with E-state index >= 15 is 0 Å². The fourth-order valence-electron chi connectivity index (χ4n) is 0.876. The van der Waals surface area contributed by atoms with Gasteiger partial charge in [-0.25, -0.2) is 8.78 Å². The van der Waals surface area contributed by atoms with Crippen molar-refractivity contribution in [3.05, 3.63) is 48.7 Å². The van der Waals surface area contributed by atoms with Crippen LogP contribution in [0.2, 0.25) is 0 Å². The summed E-state index contributed by atoms with van der Waals surface area (Å²) in [5, 5.41) is 9.95. The Kier molecular flexibility index (Phi) is 6.82. The van der Waals surface area contributed by atoms with E-state index in [1.807, 2.05) is 0 Å². The highest BCUT2D eigenvalue weighted by atomic mass is 19.1. The molecule has 0 saturated carbocycles. The lowest BCUT2D eigenvalue weighted by Gasteiger charge is -2.21. The summed E-state index contributed by atoms with van der Waals surface area (Å²) in [6, 6.07) is 0. The van der Waals surface area contributed by atoms with Crippen LogP contribution in [-0.2, 0) is 0 Å². The summed E-state index contributed by atoms with van der Waals surface area (Å²) in [4.78, 5) is 1.07. The number of amidine groups is 1. The lowest BCUT2D eigenvalue weighted by molar-refractivity contribution is 0.539. The standard InChI is InChI=1S/C10H16F2N6/c1-3-7(11)5-16-9(6-17-15)18(2)10(14)8(12)4-13/h3-6,14,16-17H,1,13,15H2,2H3/b7-5+,8-4?,9-6+,14-10?. The molecule has 0 aromatic rings. The third kappa shape index (κ3) is 4.66. The molecule has 6 nitrogen and oxygen atoms in total. The first-order valence-corrected chi connectivity index (χ1v) is 4.78. The number of hydrogen-bond acceptors (Lipinski definition) is 5. The molecule has 0 aliphatic carbocycles. The van der Waals surface area contributed by atoms with E-state index in [4.69, 9.17) is 17.0 Å². The van der Waals surface area contributed by atoms with Gasteiger partial charge in [-0.1, -0.05) is 6.58 Å². The largest absolute Gasteiger partial charge is 0.402 e. The predicted molar refractivity (Wildman–Crippen MR) is 66.8 cm³/mol. The van der Waals surface area contributed by atoms with Gasteiger partial charge in [0.15, 0.2) is 11.7 Å². The summed E-state index contributed by atoms with van der Waals surface area (Å²) >= 11 is 0. The van der Waals surface area contributed by atoms with Crippen molar-refractivity contribution >= 4 is 5.84 Å². The zero-order valence-electron chi connectivity index (χ0n) is 9.87. The number of likely N-dealkylation sites (N-methyl/N-ethyl adjacent to an activating group) is 1. The van der Waals surface area contributed by atoms with Gasteiger partial charge in [-0.05, 0) is 6.08 Å². The van der Waals surface area contributed by atoms with Gasteiger partial charge in [0.2, 0.25) is 0 Å². The van der Waals surface area contributed by atoms with Crippen molar-refractivity contribution in [1.29, 1.82) is 5.41 Å². The van der Waals surface area contributed by atoms with Crippen LogP contribution in [0.5, 0.6) is 0 Å². The SMILES string of the molecule is C=C/C(F)=C\N/C(=C\NN)N(C)C(=N)C(F)=CN. The van der Waals surface area contributed by atoms with Crippen LogP contribution in [0.1, 0.15) is 0 Å². The molecule has 0 heterocycles. The van der Waals surface area contributed by atoms with E-state index in [0.717, 1.165) is 17.2 Å². The lowest BCUT2D eigenvalue weighted by atomic mass is 10.4. The Morgan fingerprint density at radius 1 is 1.39 bits per heavy atom. The monoisotopic (exact) mass is 258 g/mol. The predicted octanol–water partition coefficient (Wildman–Crippen LogP) is 0.514. The molecule has 8 heteroatoms. The van der Waals surface area contributed by atoms with E-state index in [9.17, 15) is 8.78 Å². The minimum Gasteiger partial charge on any atom is -0.402 e. The Morgan fingerprint density at radius 3 is 2.44 bits per heavy atom. The van der Waals surface area contributed by atoms with E-state index in [1.54, 1.807) is 0 Å². The Hall–Kier alpha value is -2.35. The molecule has 7 N–H and O–H groups in total. The maximum atomic E-state index is 13.1. The first-order valence-electron chi connectivity index (χ1n) is 4.78. The average Bonchev–Trinajstić information content (AvgIpc) is 2.40. The molecule has 0 amide bonds. The highest BCUT2D eigenvalue weighted by Crippen LogP contribution is 2.06. The number of hydrazine groups is 1. The van der Waals surface area contributed by atoms with Crippen LogP contribution in [0.4, 0.5) is 8.78 Å². The highest BCUT2D eigenvalue weighted by molar-refractivity contribution is 5.94. The smallest absolute Gasteiger partial charge is 0.180 e. The fraction of sp³-hybridized carbons (Fsp3) is 0.100. The van der Waals surface area contributed by atoms with Gasteiger partial charge in [-0.15, -0.1) is 0 Å². The van der Waals surface area contributed by atoms with Crippen LogP contribution in [0, 0.1) is 5.41 Å². The van der Waals surface area contributed by atoms with E-state index in [2.05, 4.69) is 17.3 Å². The second-order valence-electron chi connectivity index (χ2n) is 3.00. The number of nitrogens with two attached hydrogens (primary N) is 2. The van der Waals surface area contributed by atoms with Crippen LogP contribution < -0.4 is 22.3 Å². The van der Waals surface area contributed by atoms with Crippen molar-refractivity contribution in [3.63, 3.8) is 0 Å². The molecule has 0 spiro atoms. The molecular formula is C10H16F2N6. The van der Waals surface area contributed by atoms with E-state index < -0.39 is 17.5 Å². The molecule has 0 aromatic heterocycles. The summed E-state index contributed by atoms with van der Waals surface area (Å²) in [5.41, 5.74) is 7.15. The summed E-state index contributed by atoms with van der Waals surface area (Å²) in [6.07, 6.45) is 3.81. The molecule has 0 fully saturated rings. The zero-order valence-corrected chi connectivity index (χ0v) is 9.87. The van der Waals surface area contributed by atoms with E-state index in [-0.39, 0.29) is 5.82 Å². The van der Waals surface area contributed by atoms with Crippen LogP contribution >= 0.6 is 0 Å². The zero-order chi connectivity index (χ0) is 14.1. The minimum absolute atomic E-state index is 0.136. The first-order chi connectivity index (χ1) is 8.47. The van der Waals surface area contributed by atoms with Gasteiger partial charge in [0.1, 0.15) is 11.6 Å². The highest BCUT2D eigenvalue weighted by Gasteiger charge is 2.13. The second-order valence-corrected chi connectivity index (χ2v) is 3.00. The molecule has 0 saturated heterocycles. The van der Waals surface area contributed by atoms with Gasteiger partial charge >= 0.3 is 0 Å². The van der Waals surface area contributed by atoms with E-state index in [0.29, 0.717) is 6.20 Å². The maximum Gasteiger partial charge on any atom is 0.180 e. The van der Waals surface area contributed by atoms with Crippen molar-refractivity contribution in [2.24, 2.45) is 11.6 Å². The molecule has 100 valence electrons. The van der Waals surface area contributed by atoms with Gasteiger partial charge in [0.05, 0.1) is 6.20 Å². The molecule has 0 rings (SSSR count). The number of hydrogen-bond donors (Lipinski definition) is 5. The maximum absolute atomic E-state index is 13.1. The van der Waals surface area contributed by atoms with Gasteiger partial charge in [-0.2, -0.15) is 0 Å². The van der Waals surface area contributed by atoms with Crippen LogP contribution in [0.25, 0.3) is 0 Å². The molecule has 0 aliphatic rings. The molecule has 0 bridgehead atoms. The topological polar surface area (TPSA) is 103 Å². The summed E-state index contributed by atoms with van der Waals surface area (Å²) in [6.45, 7) is 3.22. The Balaban J connectivity index is 4.97. The van der Waals surface area contributed by atoms with Gasteiger partial charge in [-0.3, -0.25) is 11.3 Å². The molecular weight excluding hydrogens is 242 g/mol. The molecule has 0 aliphatic heterocycles. The van der Waals surface area contributed by atoms with Gasteiger partial charge in [0, 0.05) is 19.4 Å². The van der Waals surface area contributed by atoms with Crippen molar-refractivity contribution < 1.29 is 8.78 Å². The normalized spacial score (nSPS) is 13.0. The summed E-state index contributed by atoms with van der Waals surface area (Å²) < 4.78 is 25.9. The fourth-order valence-corrected chi connectivity index (χ4v) is 0.876. The average molecular weight is 258 g/mol. The quantitative estimate of drug-likeness (QED) is 0.157. The number of rotatable bonds is 6. The Labute approximate surface area is 104 Å².